The molecule has 1 aromatic heterocycles. The quantitative estimate of drug-likeness (QED) is 0.862. The Morgan fingerprint density at radius 2 is 1.78 bits per heavy atom. The van der Waals surface area contributed by atoms with Crippen LogP contribution in [0.1, 0.15) is 36.0 Å². The van der Waals surface area contributed by atoms with Crippen molar-refractivity contribution in [3.63, 3.8) is 0 Å². The highest BCUT2D eigenvalue weighted by Gasteiger charge is 2.12. The van der Waals surface area contributed by atoms with E-state index < -0.39 is 0 Å². The number of anilines is 2. The lowest BCUT2D eigenvalue weighted by atomic mass is 10.2. The molecule has 0 aliphatic carbocycles. The molecule has 0 saturated carbocycles. The highest BCUT2D eigenvalue weighted by molar-refractivity contribution is 9.10. The molecule has 1 amide bonds. The number of aromatic nitrogens is 1. The zero-order valence-corrected chi connectivity index (χ0v) is 14.6. The SMILES string of the molecule is O=C(Nc1ccc(N2CCCCCC2)nc1)c1ccccc1Br. The van der Waals surface area contributed by atoms with Crippen molar-refractivity contribution >= 4 is 33.3 Å². The number of carbonyl (C=O) groups excluding carboxylic acids is 1. The summed E-state index contributed by atoms with van der Waals surface area (Å²) in [6, 6.07) is 11.3. The molecule has 4 nitrogen and oxygen atoms in total. The van der Waals surface area contributed by atoms with Crippen LogP contribution in [0.15, 0.2) is 47.1 Å². The molecule has 2 aromatic rings. The van der Waals surface area contributed by atoms with Gasteiger partial charge in [-0.25, -0.2) is 4.98 Å². The monoisotopic (exact) mass is 373 g/mol. The largest absolute Gasteiger partial charge is 0.357 e. The van der Waals surface area contributed by atoms with Crippen molar-refractivity contribution in [2.75, 3.05) is 23.3 Å². The predicted molar refractivity (Wildman–Crippen MR) is 97.0 cm³/mol. The van der Waals surface area contributed by atoms with E-state index in [1.54, 1.807) is 12.3 Å². The summed E-state index contributed by atoms with van der Waals surface area (Å²) in [5.74, 6) is 0.854. The molecule has 0 unspecified atom stereocenters. The van der Waals surface area contributed by atoms with Crippen molar-refractivity contribution in [1.82, 2.24) is 4.98 Å². The van der Waals surface area contributed by atoms with Gasteiger partial charge in [-0.1, -0.05) is 25.0 Å². The lowest BCUT2D eigenvalue weighted by Gasteiger charge is -2.21. The van der Waals surface area contributed by atoms with E-state index in [2.05, 4.69) is 31.1 Å². The first-order valence-corrected chi connectivity index (χ1v) is 8.80. The van der Waals surface area contributed by atoms with Gasteiger partial charge in [-0.05, 0) is 53.0 Å². The summed E-state index contributed by atoms with van der Waals surface area (Å²) in [6.45, 7) is 2.13. The number of nitrogens with zero attached hydrogens (tertiary/aromatic N) is 2. The van der Waals surface area contributed by atoms with Crippen LogP contribution in [-0.4, -0.2) is 24.0 Å². The Labute approximate surface area is 145 Å². The van der Waals surface area contributed by atoms with Crippen molar-refractivity contribution in [3.8, 4) is 0 Å². The second-order valence-corrected chi connectivity index (χ2v) is 6.59. The first kappa shape index (κ1) is 16.0. The third-order valence-corrected chi connectivity index (χ3v) is 4.75. The van der Waals surface area contributed by atoms with Crippen LogP contribution in [-0.2, 0) is 0 Å². The first-order chi connectivity index (χ1) is 11.2. The van der Waals surface area contributed by atoms with Crippen LogP contribution in [0.25, 0.3) is 0 Å². The topological polar surface area (TPSA) is 45.2 Å². The van der Waals surface area contributed by atoms with Crippen molar-refractivity contribution in [2.45, 2.75) is 25.7 Å². The van der Waals surface area contributed by atoms with E-state index in [0.29, 0.717) is 11.3 Å². The Morgan fingerprint density at radius 3 is 2.43 bits per heavy atom. The molecular formula is C18H20BrN3O. The van der Waals surface area contributed by atoms with E-state index in [1.165, 1.54) is 25.7 Å². The summed E-state index contributed by atoms with van der Waals surface area (Å²) >= 11 is 3.40. The van der Waals surface area contributed by atoms with Gasteiger partial charge < -0.3 is 10.2 Å². The third kappa shape index (κ3) is 4.10. The van der Waals surface area contributed by atoms with Gasteiger partial charge >= 0.3 is 0 Å². The molecule has 2 heterocycles. The highest BCUT2D eigenvalue weighted by Crippen LogP contribution is 2.20. The van der Waals surface area contributed by atoms with Crippen LogP contribution >= 0.6 is 15.9 Å². The van der Waals surface area contributed by atoms with Gasteiger partial charge in [0.1, 0.15) is 5.82 Å². The minimum absolute atomic E-state index is 0.137. The minimum atomic E-state index is -0.137. The maximum absolute atomic E-state index is 12.3. The van der Waals surface area contributed by atoms with Gasteiger partial charge in [0, 0.05) is 17.6 Å². The molecular weight excluding hydrogens is 354 g/mol. The number of carbonyl (C=O) groups is 1. The smallest absolute Gasteiger partial charge is 0.256 e. The summed E-state index contributed by atoms with van der Waals surface area (Å²) in [6.07, 6.45) is 6.78. The molecule has 5 heteroatoms. The number of hydrogen-bond acceptors (Lipinski definition) is 3. The van der Waals surface area contributed by atoms with Crippen LogP contribution in [0.3, 0.4) is 0 Å². The maximum Gasteiger partial charge on any atom is 0.256 e. The zero-order chi connectivity index (χ0) is 16.1. The van der Waals surface area contributed by atoms with Gasteiger partial charge in [-0.3, -0.25) is 4.79 Å². The normalized spacial score (nSPS) is 15.1. The van der Waals surface area contributed by atoms with Crippen LogP contribution in [0.4, 0.5) is 11.5 Å². The second kappa shape index (κ2) is 7.59. The molecule has 23 heavy (non-hydrogen) atoms. The van der Waals surface area contributed by atoms with Crippen LogP contribution in [0.2, 0.25) is 0 Å². The van der Waals surface area contributed by atoms with Gasteiger partial charge in [0.15, 0.2) is 0 Å². The van der Waals surface area contributed by atoms with E-state index in [0.717, 1.165) is 23.4 Å². The summed E-state index contributed by atoms with van der Waals surface area (Å²) in [4.78, 5) is 19.1. The Bertz CT molecular complexity index is 664. The number of rotatable bonds is 3. The lowest BCUT2D eigenvalue weighted by Crippen LogP contribution is -2.24. The van der Waals surface area contributed by atoms with E-state index >= 15 is 0 Å². The molecule has 1 saturated heterocycles. The average molecular weight is 374 g/mol. The summed E-state index contributed by atoms with van der Waals surface area (Å²) in [5.41, 5.74) is 1.33. The average Bonchev–Trinajstić information content (AvgIpc) is 2.85. The number of nitrogens with one attached hydrogen (secondary N) is 1. The third-order valence-electron chi connectivity index (χ3n) is 4.05. The molecule has 3 rings (SSSR count). The van der Waals surface area contributed by atoms with Gasteiger partial charge in [0.2, 0.25) is 0 Å². The van der Waals surface area contributed by atoms with E-state index in [4.69, 9.17) is 0 Å². The van der Waals surface area contributed by atoms with Crippen molar-refractivity contribution in [1.29, 1.82) is 0 Å². The van der Waals surface area contributed by atoms with Gasteiger partial charge in [-0.15, -0.1) is 0 Å². The van der Waals surface area contributed by atoms with Crippen LogP contribution < -0.4 is 10.2 Å². The van der Waals surface area contributed by atoms with Crippen molar-refractivity contribution in [3.05, 3.63) is 52.6 Å². The fourth-order valence-electron chi connectivity index (χ4n) is 2.79. The molecule has 1 fully saturated rings. The number of hydrogen-bond donors (Lipinski definition) is 1. The summed E-state index contributed by atoms with van der Waals surface area (Å²) in [5, 5.41) is 2.89. The lowest BCUT2D eigenvalue weighted by molar-refractivity contribution is 0.102. The number of halogens is 1. The Kier molecular flexibility index (Phi) is 5.28. The number of benzene rings is 1. The minimum Gasteiger partial charge on any atom is -0.357 e. The van der Waals surface area contributed by atoms with Gasteiger partial charge in [0.25, 0.3) is 5.91 Å². The second-order valence-electron chi connectivity index (χ2n) is 5.74. The molecule has 0 spiro atoms. The Hall–Kier alpha value is -1.88. The molecule has 120 valence electrons. The molecule has 1 N–H and O–H groups in total. The maximum atomic E-state index is 12.3. The van der Waals surface area contributed by atoms with Crippen LogP contribution in [0, 0.1) is 0 Å². The standard InChI is InChI=1S/C18H20BrN3O/c19-16-8-4-3-7-15(16)18(23)21-14-9-10-17(20-13-14)22-11-5-1-2-6-12-22/h3-4,7-10,13H,1-2,5-6,11-12H2,(H,21,23). The van der Waals surface area contributed by atoms with Crippen molar-refractivity contribution in [2.24, 2.45) is 0 Å². The Morgan fingerprint density at radius 1 is 1.04 bits per heavy atom. The van der Waals surface area contributed by atoms with Gasteiger partial charge in [0.05, 0.1) is 17.4 Å². The van der Waals surface area contributed by atoms with Crippen molar-refractivity contribution < 1.29 is 4.79 Å². The van der Waals surface area contributed by atoms with E-state index in [1.807, 2.05) is 30.3 Å². The van der Waals surface area contributed by atoms with E-state index in [9.17, 15) is 4.79 Å². The fraction of sp³-hybridized carbons (Fsp3) is 0.333. The zero-order valence-electron chi connectivity index (χ0n) is 13.0. The number of pyridine rings is 1. The summed E-state index contributed by atoms with van der Waals surface area (Å²) in [7, 11) is 0. The summed E-state index contributed by atoms with van der Waals surface area (Å²) < 4.78 is 0.784. The Balaban J connectivity index is 1.67. The molecule has 0 bridgehead atoms. The van der Waals surface area contributed by atoms with E-state index in [-0.39, 0.29) is 5.91 Å². The fourth-order valence-corrected chi connectivity index (χ4v) is 3.26. The molecule has 1 aliphatic rings. The molecule has 0 atom stereocenters. The number of amides is 1. The predicted octanol–water partition coefficient (Wildman–Crippen LogP) is 4.48. The molecule has 1 aliphatic heterocycles. The first-order valence-electron chi connectivity index (χ1n) is 8.01. The molecule has 0 radical (unpaired) electrons. The van der Waals surface area contributed by atoms with Crippen LogP contribution in [0.5, 0.6) is 0 Å². The highest BCUT2D eigenvalue weighted by atomic mass is 79.9. The van der Waals surface area contributed by atoms with Gasteiger partial charge in [-0.2, -0.15) is 0 Å². The molecule has 1 aromatic carbocycles.